The highest BCUT2D eigenvalue weighted by Gasteiger charge is 2.04. The van der Waals surface area contributed by atoms with Crippen LogP contribution < -0.4 is 10.3 Å². The number of hydrogen-bond donors (Lipinski definition) is 1. The summed E-state index contributed by atoms with van der Waals surface area (Å²) in [5, 5.41) is 0.662. The van der Waals surface area contributed by atoms with Crippen molar-refractivity contribution in [1.29, 1.82) is 0 Å². The lowest BCUT2D eigenvalue weighted by molar-refractivity contribution is 0.310. The number of benzene rings is 2. The summed E-state index contributed by atoms with van der Waals surface area (Å²) in [6, 6.07) is 21.1. The second kappa shape index (κ2) is 9.08. The molecule has 3 rings (SSSR count). The van der Waals surface area contributed by atoms with Crippen LogP contribution in [0.3, 0.4) is 0 Å². The molecule has 1 aromatic heterocycles. The second-order valence-electron chi connectivity index (χ2n) is 5.52. The fraction of sp³-hybridized carbons (Fsp3) is 0.200. The molecule has 0 atom stereocenters. The smallest absolute Gasteiger partial charge is 0.252 e. The van der Waals surface area contributed by atoms with Crippen LogP contribution in [0, 0.1) is 0 Å². The quantitative estimate of drug-likeness (QED) is 0.371. The average molecular weight is 352 g/mol. The number of para-hydroxylation sites is 1. The molecule has 4 nitrogen and oxygen atoms in total. The lowest BCUT2D eigenvalue weighted by atomic mass is 10.1. The summed E-state index contributed by atoms with van der Waals surface area (Å²) in [6.07, 6.45) is 1.96. The molecule has 0 fully saturated rings. The molecular weight excluding hydrogens is 332 g/mol. The fourth-order valence-corrected chi connectivity index (χ4v) is 3.22. The Kier molecular flexibility index (Phi) is 6.29. The summed E-state index contributed by atoms with van der Waals surface area (Å²) in [5.41, 5.74) is 1.54. The molecule has 0 radical (unpaired) electrons. The van der Waals surface area contributed by atoms with Gasteiger partial charge in [0.2, 0.25) is 0 Å². The summed E-state index contributed by atoms with van der Waals surface area (Å²) in [7, 11) is 0. The number of hydrogen-bond acceptors (Lipinski definition) is 4. The molecule has 25 heavy (non-hydrogen) atoms. The van der Waals surface area contributed by atoms with Gasteiger partial charge in [-0.3, -0.25) is 4.79 Å². The zero-order chi connectivity index (χ0) is 17.3. The van der Waals surface area contributed by atoms with Gasteiger partial charge in [0.05, 0.1) is 12.3 Å². The predicted octanol–water partition coefficient (Wildman–Crippen LogP) is 4.39. The largest absolute Gasteiger partial charge is 0.494 e. The lowest BCUT2D eigenvalue weighted by Gasteiger charge is -2.06. The highest BCUT2D eigenvalue weighted by Crippen LogP contribution is 2.19. The summed E-state index contributed by atoms with van der Waals surface area (Å²) in [5.74, 6) is 1.79. The van der Waals surface area contributed by atoms with Crippen molar-refractivity contribution < 1.29 is 4.74 Å². The Bertz CT molecular complexity index is 835. The fourth-order valence-electron chi connectivity index (χ4n) is 2.34. The van der Waals surface area contributed by atoms with Gasteiger partial charge in [-0.1, -0.05) is 60.3 Å². The van der Waals surface area contributed by atoms with E-state index in [9.17, 15) is 4.79 Å². The first-order valence-corrected chi connectivity index (χ1v) is 9.27. The van der Waals surface area contributed by atoms with Crippen LogP contribution in [-0.2, 0) is 0 Å². The van der Waals surface area contributed by atoms with Gasteiger partial charge < -0.3 is 9.72 Å². The Labute approximate surface area is 151 Å². The zero-order valence-corrected chi connectivity index (χ0v) is 14.7. The minimum absolute atomic E-state index is 0.122. The summed E-state index contributed by atoms with van der Waals surface area (Å²) < 4.78 is 5.67. The van der Waals surface area contributed by atoms with Crippen LogP contribution in [0.5, 0.6) is 5.75 Å². The minimum Gasteiger partial charge on any atom is -0.494 e. The number of nitrogens with one attached hydrogen (secondary N) is 1. The van der Waals surface area contributed by atoms with E-state index in [1.165, 1.54) is 6.07 Å². The maximum Gasteiger partial charge on any atom is 0.252 e. The van der Waals surface area contributed by atoms with Gasteiger partial charge in [0, 0.05) is 17.4 Å². The average Bonchev–Trinajstić information content (AvgIpc) is 2.66. The molecule has 0 aliphatic heterocycles. The van der Waals surface area contributed by atoms with Crippen LogP contribution in [0.15, 0.2) is 76.7 Å². The third kappa shape index (κ3) is 5.50. The van der Waals surface area contributed by atoms with Gasteiger partial charge in [-0.05, 0) is 25.0 Å². The molecule has 0 aliphatic rings. The van der Waals surface area contributed by atoms with Gasteiger partial charge in [0.25, 0.3) is 5.56 Å². The first kappa shape index (κ1) is 17.3. The maximum atomic E-state index is 11.8. The van der Waals surface area contributed by atoms with Crippen molar-refractivity contribution in [2.24, 2.45) is 0 Å². The topological polar surface area (TPSA) is 55.0 Å². The van der Waals surface area contributed by atoms with Crippen LogP contribution in [0.2, 0.25) is 0 Å². The van der Waals surface area contributed by atoms with E-state index in [0.717, 1.165) is 29.9 Å². The number of aromatic nitrogens is 2. The number of unbranched alkanes of at least 4 members (excludes halogenated alkanes) is 1. The van der Waals surface area contributed by atoms with Gasteiger partial charge >= 0.3 is 0 Å². The van der Waals surface area contributed by atoms with Crippen molar-refractivity contribution in [2.45, 2.75) is 18.0 Å². The van der Waals surface area contributed by atoms with Crippen LogP contribution in [0.1, 0.15) is 12.8 Å². The minimum atomic E-state index is -0.122. The lowest BCUT2D eigenvalue weighted by Crippen LogP contribution is -2.08. The Morgan fingerprint density at radius 3 is 2.44 bits per heavy atom. The van der Waals surface area contributed by atoms with Crippen LogP contribution >= 0.6 is 11.8 Å². The number of nitrogens with zero attached hydrogens (tertiary/aromatic N) is 1. The van der Waals surface area contributed by atoms with E-state index < -0.39 is 0 Å². The first-order valence-electron chi connectivity index (χ1n) is 8.29. The number of H-pyrrole nitrogens is 1. The van der Waals surface area contributed by atoms with Gasteiger partial charge in [-0.25, -0.2) is 4.98 Å². The Balaban J connectivity index is 1.47. The highest BCUT2D eigenvalue weighted by molar-refractivity contribution is 7.99. The van der Waals surface area contributed by atoms with E-state index in [4.69, 9.17) is 4.74 Å². The van der Waals surface area contributed by atoms with Gasteiger partial charge in [-0.2, -0.15) is 0 Å². The Morgan fingerprint density at radius 2 is 1.68 bits per heavy atom. The molecule has 0 spiro atoms. The van der Waals surface area contributed by atoms with Crippen molar-refractivity contribution in [3.05, 3.63) is 77.1 Å². The number of thioether (sulfide) groups is 1. The molecule has 5 heteroatoms. The molecule has 0 bridgehead atoms. The van der Waals surface area contributed by atoms with Crippen molar-refractivity contribution >= 4 is 11.8 Å². The highest BCUT2D eigenvalue weighted by atomic mass is 32.2. The molecular formula is C20H20N2O2S. The van der Waals surface area contributed by atoms with Crippen LogP contribution in [-0.4, -0.2) is 22.3 Å². The molecule has 1 heterocycles. The van der Waals surface area contributed by atoms with Crippen molar-refractivity contribution in [3.63, 3.8) is 0 Å². The molecule has 128 valence electrons. The number of aromatic amines is 1. The standard InChI is InChI=1S/C20H20N2O2S/c23-19-15-18(16-9-3-1-4-10-16)21-20(22-19)25-14-8-7-13-24-17-11-5-2-6-12-17/h1-6,9-12,15H,7-8,13-14H2,(H,21,22,23). The third-order valence-corrected chi connectivity index (χ3v) is 4.54. The molecule has 0 saturated heterocycles. The second-order valence-corrected chi connectivity index (χ2v) is 6.60. The van der Waals surface area contributed by atoms with Crippen molar-refractivity contribution in [1.82, 2.24) is 9.97 Å². The molecule has 2 aromatic carbocycles. The van der Waals surface area contributed by atoms with Gasteiger partial charge in [0.15, 0.2) is 5.16 Å². The normalized spacial score (nSPS) is 10.6. The molecule has 3 aromatic rings. The SMILES string of the molecule is O=c1cc(-c2ccccc2)nc(SCCCCOc2ccccc2)[nH]1. The third-order valence-electron chi connectivity index (χ3n) is 3.58. The number of ether oxygens (including phenoxy) is 1. The van der Waals surface area contributed by atoms with E-state index in [0.29, 0.717) is 17.5 Å². The van der Waals surface area contributed by atoms with E-state index in [-0.39, 0.29) is 5.56 Å². The van der Waals surface area contributed by atoms with Crippen molar-refractivity contribution in [3.8, 4) is 17.0 Å². The molecule has 0 aliphatic carbocycles. The van der Waals surface area contributed by atoms with E-state index in [1.54, 1.807) is 11.8 Å². The first-order chi connectivity index (χ1) is 12.3. The Hall–Kier alpha value is -2.53. The van der Waals surface area contributed by atoms with E-state index in [1.807, 2.05) is 60.7 Å². The van der Waals surface area contributed by atoms with E-state index in [2.05, 4.69) is 9.97 Å². The van der Waals surface area contributed by atoms with Crippen molar-refractivity contribution in [2.75, 3.05) is 12.4 Å². The zero-order valence-electron chi connectivity index (χ0n) is 13.9. The maximum absolute atomic E-state index is 11.8. The van der Waals surface area contributed by atoms with Gasteiger partial charge in [-0.15, -0.1) is 0 Å². The molecule has 0 unspecified atom stereocenters. The molecule has 1 N–H and O–H groups in total. The van der Waals surface area contributed by atoms with Crippen LogP contribution in [0.4, 0.5) is 0 Å². The molecule has 0 saturated carbocycles. The number of rotatable bonds is 8. The molecule has 0 amide bonds. The predicted molar refractivity (Wildman–Crippen MR) is 102 cm³/mol. The summed E-state index contributed by atoms with van der Waals surface area (Å²) in [6.45, 7) is 0.693. The Morgan fingerprint density at radius 1 is 0.960 bits per heavy atom. The summed E-state index contributed by atoms with van der Waals surface area (Å²) >= 11 is 1.57. The van der Waals surface area contributed by atoms with Crippen LogP contribution in [0.25, 0.3) is 11.3 Å². The van der Waals surface area contributed by atoms with Gasteiger partial charge in [0.1, 0.15) is 5.75 Å². The monoisotopic (exact) mass is 352 g/mol. The summed E-state index contributed by atoms with van der Waals surface area (Å²) in [4.78, 5) is 19.2. The van der Waals surface area contributed by atoms with E-state index >= 15 is 0 Å².